The second kappa shape index (κ2) is 16.6. The van der Waals surface area contributed by atoms with Crippen LogP contribution in [0, 0.1) is 0 Å². The van der Waals surface area contributed by atoms with Crippen LogP contribution in [0.3, 0.4) is 0 Å². The van der Waals surface area contributed by atoms with Gasteiger partial charge in [0.1, 0.15) is 10.9 Å². The van der Waals surface area contributed by atoms with Crippen molar-refractivity contribution in [2.24, 2.45) is 5.73 Å². The van der Waals surface area contributed by atoms with Crippen molar-refractivity contribution < 1.29 is 18.6 Å². The largest absolute Gasteiger partial charge is 0.442 e. The quantitative estimate of drug-likeness (QED) is 0.125. The van der Waals surface area contributed by atoms with Gasteiger partial charge in [-0.3, -0.25) is 0 Å². The Morgan fingerprint density at radius 2 is 1.70 bits per heavy atom. The summed E-state index contributed by atoms with van der Waals surface area (Å²) in [6.45, 7) is 11.5. The van der Waals surface area contributed by atoms with Crippen molar-refractivity contribution in [1.29, 1.82) is 0 Å². The number of nitrogens with zero attached hydrogens (tertiary/aromatic N) is 2. The summed E-state index contributed by atoms with van der Waals surface area (Å²) < 4.78 is 18.5. The Morgan fingerprint density at radius 3 is 2.27 bits per heavy atom. The smallest absolute Gasteiger partial charge is 0.404 e. The normalized spacial score (nSPS) is 11.5. The maximum atomic E-state index is 11.4. The number of hydrogen-bond donors (Lipinski definition) is 2. The molecule has 40 heavy (non-hydrogen) atoms. The third-order valence-electron chi connectivity index (χ3n) is 5.68. The lowest BCUT2D eigenvalue weighted by Gasteiger charge is -2.16. The van der Waals surface area contributed by atoms with Crippen LogP contribution in [-0.4, -0.2) is 41.6 Å². The van der Waals surface area contributed by atoms with E-state index in [1.807, 2.05) is 26.0 Å². The molecule has 0 radical (unpaired) electrons. The fourth-order valence-electron chi connectivity index (χ4n) is 3.90. The molecule has 3 rings (SSSR count). The van der Waals surface area contributed by atoms with Crippen molar-refractivity contribution in [3.63, 3.8) is 0 Å². The fourth-order valence-corrected chi connectivity index (χ4v) is 7.06. The lowest BCUT2D eigenvalue weighted by molar-refractivity contribution is 0.145. The number of carbonyl (C=O) groups excluding carboxylic acids is 1. The number of primary amides is 1. The molecule has 8 nitrogen and oxygen atoms in total. The molecule has 0 saturated carbocycles. The van der Waals surface area contributed by atoms with Gasteiger partial charge in [-0.2, -0.15) is 0 Å². The minimum Gasteiger partial charge on any atom is -0.442 e. The number of halogens is 2. The van der Waals surface area contributed by atoms with Gasteiger partial charge in [-0.1, -0.05) is 73.1 Å². The van der Waals surface area contributed by atoms with Gasteiger partial charge in [-0.25, -0.2) is 9.78 Å². The highest BCUT2D eigenvalue weighted by Crippen LogP contribution is 2.38. The highest BCUT2D eigenvalue weighted by atomic mass is 35.5. The van der Waals surface area contributed by atoms with Crippen LogP contribution in [0.5, 0.6) is 0 Å². The summed E-state index contributed by atoms with van der Waals surface area (Å²) >= 11 is 14.1. The van der Waals surface area contributed by atoms with Gasteiger partial charge in [0.15, 0.2) is 15.0 Å². The summed E-state index contributed by atoms with van der Waals surface area (Å²) in [5.41, 5.74) is 8.42. The Labute approximate surface area is 252 Å². The summed E-state index contributed by atoms with van der Waals surface area (Å²) in [5.74, 6) is 0.745. The molecule has 1 aromatic heterocycles. The number of ether oxygens (including phenoxy) is 1. The average molecular weight is 628 g/mol. The molecule has 0 aliphatic heterocycles. The number of benzene rings is 2. The number of hydrogen-bond acceptors (Lipinski definition) is 7. The Bertz CT molecular complexity index is 1220. The van der Waals surface area contributed by atoms with Gasteiger partial charge in [-0.05, 0) is 49.1 Å². The van der Waals surface area contributed by atoms with E-state index in [0.717, 1.165) is 40.4 Å². The minimum absolute atomic E-state index is 0.0278. The first-order valence-electron chi connectivity index (χ1n) is 13.2. The van der Waals surface area contributed by atoms with E-state index in [1.54, 1.807) is 6.07 Å². The highest BCUT2D eigenvalue weighted by Gasteiger charge is 2.22. The first kappa shape index (κ1) is 32.7. The van der Waals surface area contributed by atoms with Gasteiger partial charge >= 0.3 is 6.09 Å². The highest BCUT2D eigenvalue weighted by molar-refractivity contribution is 7.99. The van der Waals surface area contributed by atoms with Crippen molar-refractivity contribution in [2.75, 3.05) is 25.9 Å². The Hall–Kier alpha value is -1.84. The van der Waals surface area contributed by atoms with Crippen molar-refractivity contribution in [3.8, 4) is 0 Å². The zero-order valence-corrected chi connectivity index (χ0v) is 26.5. The Morgan fingerprint density at radius 1 is 1.07 bits per heavy atom. The molecular formula is C28H37Cl2N4O4PS. The first-order chi connectivity index (χ1) is 19.2. The summed E-state index contributed by atoms with van der Waals surface area (Å²) in [5, 5.41) is 5.52. The van der Waals surface area contributed by atoms with Crippen LogP contribution in [0.25, 0.3) is 0 Å². The molecule has 1 amide bonds. The van der Waals surface area contributed by atoms with Crippen molar-refractivity contribution >= 4 is 49.4 Å². The van der Waals surface area contributed by atoms with Gasteiger partial charge in [-0.15, -0.1) is 0 Å². The molecule has 0 atom stereocenters. The van der Waals surface area contributed by atoms with Crippen molar-refractivity contribution in [3.05, 3.63) is 75.2 Å². The third kappa shape index (κ3) is 10.2. The maximum absolute atomic E-state index is 11.4. The van der Waals surface area contributed by atoms with E-state index in [-0.39, 0.29) is 12.5 Å². The molecular weight excluding hydrogens is 590 g/mol. The zero-order valence-electron chi connectivity index (χ0n) is 23.3. The van der Waals surface area contributed by atoms with Gasteiger partial charge < -0.3 is 29.4 Å². The number of carbonyl (C=O) groups is 1. The Kier molecular flexibility index (Phi) is 13.5. The van der Waals surface area contributed by atoms with Crippen molar-refractivity contribution in [2.45, 2.75) is 63.2 Å². The average Bonchev–Trinajstić information content (AvgIpc) is 3.22. The van der Waals surface area contributed by atoms with E-state index in [1.165, 1.54) is 17.3 Å². The van der Waals surface area contributed by atoms with Gasteiger partial charge in [0.2, 0.25) is 0 Å². The van der Waals surface area contributed by atoms with E-state index in [2.05, 4.69) is 48.0 Å². The van der Waals surface area contributed by atoms with E-state index in [0.29, 0.717) is 35.6 Å². The number of imidazole rings is 1. The molecule has 12 heteroatoms. The van der Waals surface area contributed by atoms with Crippen molar-refractivity contribution in [1.82, 2.24) is 14.9 Å². The second-order valence-corrected chi connectivity index (χ2v) is 12.7. The van der Waals surface area contributed by atoms with Crippen LogP contribution >= 0.6 is 43.3 Å². The number of rotatable bonds is 16. The standard InChI is InChI=1S/C28H37Cl2N4O4PS/c1-5-37-39(38-6-2)12-11-32-16-20-7-9-21(10-8-20)17-34-25(18-36-28(31)35)33-26(19(3)4)27(34)40-24-14-22(29)13-23(30)15-24/h7-10,13-15,19,32H,5-6,11-12,16-18H2,1-4H3,(H2,31,35). The lowest BCUT2D eigenvalue weighted by Crippen LogP contribution is -2.18. The summed E-state index contributed by atoms with van der Waals surface area (Å²) in [6.07, 6.45) is 0.00548. The molecule has 0 fully saturated rings. The number of nitrogens with one attached hydrogen (secondary N) is 1. The SMILES string of the molecule is CCOP(CCNCc1ccc(Cn2c(COC(N)=O)nc(C(C)C)c2Sc2cc(Cl)cc(Cl)c2)cc1)OCC. The Balaban J connectivity index is 1.78. The molecule has 0 aliphatic rings. The van der Waals surface area contributed by atoms with Gasteiger partial charge in [0.25, 0.3) is 0 Å². The third-order valence-corrected chi connectivity index (χ3v) is 8.89. The van der Waals surface area contributed by atoms with Crippen LogP contribution in [-0.2, 0) is 33.5 Å². The number of nitrogens with two attached hydrogens (primary N) is 1. The second-order valence-electron chi connectivity index (χ2n) is 9.16. The van der Waals surface area contributed by atoms with E-state index in [9.17, 15) is 4.79 Å². The molecule has 0 saturated heterocycles. The molecule has 2 aromatic carbocycles. The van der Waals surface area contributed by atoms with Crippen LogP contribution in [0.1, 0.15) is 56.3 Å². The number of amides is 1. The number of aromatic nitrogens is 2. The summed E-state index contributed by atoms with van der Waals surface area (Å²) in [7, 11) is -0.841. The molecule has 1 heterocycles. The van der Waals surface area contributed by atoms with Gasteiger partial charge in [0, 0.05) is 40.7 Å². The van der Waals surface area contributed by atoms with E-state index < -0.39 is 14.5 Å². The molecule has 0 unspecified atom stereocenters. The summed E-state index contributed by atoms with van der Waals surface area (Å²) in [6, 6.07) is 13.9. The van der Waals surface area contributed by atoms with Crippen LogP contribution in [0.2, 0.25) is 10.0 Å². The molecule has 0 spiro atoms. The maximum Gasteiger partial charge on any atom is 0.404 e. The first-order valence-corrected chi connectivity index (χ1v) is 16.1. The van der Waals surface area contributed by atoms with Crippen LogP contribution in [0.15, 0.2) is 52.4 Å². The molecule has 0 bridgehead atoms. The monoisotopic (exact) mass is 626 g/mol. The van der Waals surface area contributed by atoms with Crippen LogP contribution < -0.4 is 11.1 Å². The summed E-state index contributed by atoms with van der Waals surface area (Å²) in [4.78, 5) is 17.1. The minimum atomic E-state index is -0.844. The predicted octanol–water partition coefficient (Wildman–Crippen LogP) is 7.58. The van der Waals surface area contributed by atoms with Gasteiger partial charge in [0.05, 0.1) is 18.9 Å². The molecule has 0 aliphatic carbocycles. The topological polar surface area (TPSA) is 101 Å². The van der Waals surface area contributed by atoms with Crippen LogP contribution in [0.4, 0.5) is 4.79 Å². The zero-order chi connectivity index (χ0) is 29.1. The molecule has 3 aromatic rings. The predicted molar refractivity (Wildman–Crippen MR) is 164 cm³/mol. The lowest BCUT2D eigenvalue weighted by atomic mass is 10.1. The molecule has 3 N–H and O–H groups in total. The fraction of sp³-hybridized carbons (Fsp3) is 0.429. The molecule has 218 valence electrons. The van der Waals surface area contributed by atoms with E-state index >= 15 is 0 Å². The van der Waals surface area contributed by atoms with E-state index in [4.69, 9.17) is 47.7 Å².